The molecule has 0 aromatic heterocycles. The molecule has 2 atom stereocenters. The van der Waals surface area contributed by atoms with Gasteiger partial charge in [-0.15, -0.1) is 0 Å². The SMILES string of the molecule is [3H]OC(=O)C1CC([3H])([3H])N(C)C([3H])(C)C1. The van der Waals surface area contributed by atoms with E-state index in [4.69, 9.17) is 5.54 Å². The van der Waals surface area contributed by atoms with Crippen molar-refractivity contribution in [2.45, 2.75) is 25.8 Å². The highest BCUT2D eigenvalue weighted by Crippen LogP contribution is 2.21. The second-order valence-electron chi connectivity index (χ2n) is 2.88. The zero-order valence-electron chi connectivity index (χ0n) is 10.8. The molecular weight excluding hydrogens is 142 g/mol. The summed E-state index contributed by atoms with van der Waals surface area (Å²) < 4.78 is 29.8. The fourth-order valence-corrected chi connectivity index (χ4v) is 1.11. The van der Waals surface area contributed by atoms with Gasteiger partial charge in [0.15, 0.2) is 0 Å². The normalized spacial score (nSPS) is 49.8. The van der Waals surface area contributed by atoms with E-state index in [2.05, 4.69) is 5.11 Å². The van der Waals surface area contributed by atoms with E-state index >= 15 is 0 Å². The second-order valence-corrected chi connectivity index (χ2v) is 2.88. The van der Waals surface area contributed by atoms with E-state index in [0.29, 0.717) is 0 Å². The summed E-state index contributed by atoms with van der Waals surface area (Å²) in [5.41, 5.74) is 0. The summed E-state index contributed by atoms with van der Waals surface area (Å²) in [5, 5.41) is 3.85. The number of carbonyl (C=O) groups is 1. The molecule has 0 saturated carbocycles. The molecule has 1 fully saturated rings. The van der Waals surface area contributed by atoms with Crippen molar-refractivity contribution in [2.75, 3.05) is 13.5 Å². The van der Waals surface area contributed by atoms with Gasteiger partial charge in [0.25, 0.3) is 1.43 Å². The van der Waals surface area contributed by atoms with E-state index in [-0.39, 0.29) is 12.8 Å². The van der Waals surface area contributed by atoms with Crippen molar-refractivity contribution in [3.63, 3.8) is 0 Å². The largest absolute Gasteiger partial charge is 0.481 e. The molecule has 1 N–H and O–H groups in total. The average molecular weight is 165 g/mol. The number of likely N-dealkylation sites (tertiary alicyclic amines) is 1. The Morgan fingerprint density at radius 2 is 2.73 bits per heavy atom. The summed E-state index contributed by atoms with van der Waals surface area (Å²) in [6, 6.07) is -1.15. The number of aliphatic carboxylic acids is 1. The van der Waals surface area contributed by atoms with Gasteiger partial charge in [-0.25, -0.2) is 0 Å². The fraction of sp³-hybridized carbons (Fsp3) is 0.875. The third-order valence-electron chi connectivity index (χ3n) is 2.02. The van der Waals surface area contributed by atoms with Gasteiger partial charge in [0.1, 0.15) is 0 Å². The maximum atomic E-state index is 11.2. The molecule has 1 saturated heterocycles. The number of carboxylic acids is 1. The number of hydrogen-bond donors (Lipinski definition) is 1. The minimum Gasteiger partial charge on any atom is -0.481 e. The molecule has 0 aromatic rings. The number of carboxylic acid groups (broad SMARTS) is 1. The van der Waals surface area contributed by atoms with Gasteiger partial charge < -0.3 is 10.0 Å². The molecule has 0 radical (unpaired) electrons. The molecule has 0 aromatic carbocycles. The Morgan fingerprint density at radius 3 is 3.27 bits per heavy atom. The Kier molecular flexibility index (Phi) is 1.30. The van der Waals surface area contributed by atoms with Crippen LogP contribution in [0.4, 0.5) is 0 Å². The van der Waals surface area contributed by atoms with E-state index in [9.17, 15) is 4.79 Å². The smallest absolute Gasteiger partial charge is 0.306 e. The lowest BCUT2D eigenvalue weighted by molar-refractivity contribution is -0.143. The molecule has 0 spiro atoms. The predicted octanol–water partition coefficient (Wildman–Crippen LogP) is 0.801. The van der Waals surface area contributed by atoms with Crippen LogP contribution in [-0.2, 0) is 4.79 Å². The minimum absolute atomic E-state index is 0.0321. The molecule has 0 aliphatic carbocycles. The molecule has 1 aliphatic heterocycles. The van der Waals surface area contributed by atoms with Crippen molar-refractivity contribution in [3.8, 4) is 0 Å². The van der Waals surface area contributed by atoms with Crippen molar-refractivity contribution in [3.05, 3.63) is 0 Å². The van der Waals surface area contributed by atoms with Crippen LogP contribution in [-0.4, -0.2) is 35.5 Å². The maximum Gasteiger partial charge on any atom is 0.306 e. The van der Waals surface area contributed by atoms with Gasteiger partial charge in [-0.05, 0) is 33.3 Å². The third kappa shape index (κ3) is 1.93. The van der Waals surface area contributed by atoms with Crippen LogP contribution in [0.3, 0.4) is 0 Å². The number of rotatable bonds is 1. The molecule has 0 amide bonds. The fourth-order valence-electron chi connectivity index (χ4n) is 1.11. The lowest BCUT2D eigenvalue weighted by atomic mass is 9.92. The summed E-state index contributed by atoms with van der Waals surface area (Å²) in [6.07, 6.45) is 0.149. The van der Waals surface area contributed by atoms with Crippen LogP contribution in [0.15, 0.2) is 0 Å². The average Bonchev–Trinajstić information content (AvgIpc) is 2.11. The van der Waals surface area contributed by atoms with Crippen LogP contribution in [0, 0.1) is 5.92 Å². The maximum absolute atomic E-state index is 11.2. The van der Waals surface area contributed by atoms with Gasteiger partial charge in [0.05, 0.1) is 5.92 Å². The Morgan fingerprint density at radius 1 is 2.00 bits per heavy atom. The Labute approximate surface area is 72.7 Å². The van der Waals surface area contributed by atoms with Crippen molar-refractivity contribution < 1.29 is 14.0 Å². The van der Waals surface area contributed by atoms with Gasteiger partial charge in [0.2, 0.25) is 0 Å². The Hall–Kier alpha value is -0.570. The lowest BCUT2D eigenvalue weighted by Crippen LogP contribution is -2.39. The lowest BCUT2D eigenvalue weighted by Gasteiger charge is -2.32. The molecule has 11 heavy (non-hydrogen) atoms. The monoisotopic (exact) mass is 165 g/mol. The van der Waals surface area contributed by atoms with Crippen LogP contribution in [0.5, 0.6) is 0 Å². The highest BCUT2D eigenvalue weighted by atomic mass is 16.4. The Bertz CT molecular complexity index is 251. The molecule has 1 rings (SSSR count). The van der Waals surface area contributed by atoms with Crippen LogP contribution < -0.4 is 0 Å². The van der Waals surface area contributed by atoms with Gasteiger partial charge in [-0.3, -0.25) is 4.79 Å². The molecule has 1 heterocycles. The quantitative estimate of drug-likeness (QED) is 0.625. The number of nitrogens with zero attached hydrogens (tertiary/aromatic N) is 1. The Balaban J connectivity index is 2.89. The van der Waals surface area contributed by atoms with E-state index in [1.54, 1.807) is 6.92 Å². The summed E-state index contributed by atoms with van der Waals surface area (Å²) in [5.74, 6) is -1.47. The van der Waals surface area contributed by atoms with Gasteiger partial charge >= 0.3 is 5.97 Å². The molecule has 0 bridgehead atoms. The predicted molar refractivity (Wildman–Crippen MR) is 42.5 cm³/mol. The topological polar surface area (TPSA) is 40.5 Å². The van der Waals surface area contributed by atoms with Crippen LogP contribution in [0.25, 0.3) is 1.43 Å². The second kappa shape index (κ2) is 3.22. The standard InChI is InChI=1S/C8H15NO2/c1-6-5-7(8(10)11)3-4-9(6)2/h6-7H,3-5H2,1-2H3,(H,10,11)/i4T2,6T/hT. The molecule has 64 valence electrons. The molecule has 3 nitrogen and oxygen atoms in total. The van der Waals surface area contributed by atoms with E-state index in [0.717, 1.165) is 0 Å². The summed E-state index contributed by atoms with van der Waals surface area (Å²) in [6.45, 7) is -0.165. The molecule has 1 aliphatic rings. The van der Waals surface area contributed by atoms with E-state index in [1.807, 2.05) is 0 Å². The first-order chi connectivity index (χ1) is 6.70. The number of piperidine rings is 1. The van der Waals surface area contributed by atoms with Gasteiger partial charge in [-0.1, -0.05) is 0 Å². The molecular formula is C8H15NO2. The first kappa shape index (κ1) is 4.45. The van der Waals surface area contributed by atoms with Crippen molar-refractivity contribution in [2.24, 2.45) is 5.92 Å². The first-order valence-corrected chi connectivity index (χ1v) is 3.61. The van der Waals surface area contributed by atoms with Crippen molar-refractivity contribution >= 4 is 5.97 Å². The highest BCUT2D eigenvalue weighted by molar-refractivity contribution is 5.70. The van der Waals surface area contributed by atoms with Crippen LogP contribution >= 0.6 is 0 Å². The first-order valence-electron chi connectivity index (χ1n) is 5.52. The van der Waals surface area contributed by atoms with Crippen LogP contribution in [0.1, 0.15) is 23.9 Å². The number of hydrogen-bond acceptors (Lipinski definition) is 3. The third-order valence-corrected chi connectivity index (χ3v) is 2.02. The summed E-state index contributed by atoms with van der Waals surface area (Å²) in [7, 11) is 1.52. The molecule has 3 heteroatoms. The zero-order chi connectivity index (χ0) is 11.9. The van der Waals surface area contributed by atoms with Crippen molar-refractivity contribution in [1.82, 2.24) is 4.90 Å². The van der Waals surface area contributed by atoms with E-state index in [1.165, 1.54) is 11.9 Å². The van der Waals surface area contributed by atoms with Crippen LogP contribution in [0.2, 0.25) is 0 Å². The zero-order valence-corrected chi connectivity index (χ0v) is 6.76. The molecule has 2 unspecified atom stereocenters. The highest BCUT2D eigenvalue weighted by Gasteiger charge is 2.27. The summed E-state index contributed by atoms with van der Waals surface area (Å²) in [4.78, 5) is 12.5. The van der Waals surface area contributed by atoms with Crippen molar-refractivity contribution in [1.29, 1.82) is 1.43 Å². The summed E-state index contributed by atoms with van der Waals surface area (Å²) >= 11 is 0. The van der Waals surface area contributed by atoms with E-state index < -0.39 is 24.4 Å². The van der Waals surface area contributed by atoms with Gasteiger partial charge in [0, 0.05) is 10.1 Å². The minimum atomic E-state index is -1.71. The van der Waals surface area contributed by atoms with Gasteiger partial charge in [-0.2, -0.15) is 0 Å².